The van der Waals surface area contributed by atoms with E-state index in [1.54, 1.807) is 0 Å². The van der Waals surface area contributed by atoms with Crippen molar-refractivity contribution in [2.75, 3.05) is 0 Å². The summed E-state index contributed by atoms with van der Waals surface area (Å²) in [7, 11) is 0. The Morgan fingerprint density at radius 2 is 0.800 bits per heavy atom. The van der Waals surface area contributed by atoms with Gasteiger partial charge in [-0.25, -0.2) is 0 Å². The number of hydrogen-bond acceptors (Lipinski definition) is 8. The molecule has 0 aromatic heterocycles. The van der Waals surface area contributed by atoms with Crippen molar-refractivity contribution in [2.24, 2.45) is 47.3 Å². The highest BCUT2D eigenvalue weighted by molar-refractivity contribution is 5.85. The minimum absolute atomic E-state index is 0.0587. The van der Waals surface area contributed by atoms with Crippen LogP contribution in [0.1, 0.15) is 39.5 Å². The van der Waals surface area contributed by atoms with Crippen LogP contribution in [0.2, 0.25) is 0 Å². The quantitative estimate of drug-likeness (QED) is 0.463. The molecule has 30 heavy (non-hydrogen) atoms. The lowest BCUT2D eigenvalue weighted by molar-refractivity contribution is -0.152. The first-order valence-corrected chi connectivity index (χ1v) is 11.2. The molecular weight excluding hydrogens is 392 g/mol. The topological polar surface area (TPSA) is 105 Å². The smallest absolute Gasteiger partial charge is 0.310 e. The molecule has 0 amide bonds. The fourth-order valence-electron chi connectivity index (χ4n) is 7.22. The van der Waals surface area contributed by atoms with Crippen LogP contribution in [0, 0.1) is 47.3 Å². The summed E-state index contributed by atoms with van der Waals surface area (Å²) < 4.78 is 22.6. The van der Waals surface area contributed by atoms with Crippen molar-refractivity contribution >= 4 is 23.9 Å². The normalized spacial score (nSPS) is 53.8. The molecule has 0 N–H and O–H groups in total. The van der Waals surface area contributed by atoms with E-state index in [1.165, 1.54) is 0 Å². The van der Waals surface area contributed by atoms with Crippen LogP contribution in [0.15, 0.2) is 0 Å². The van der Waals surface area contributed by atoms with Crippen LogP contribution in [-0.2, 0) is 38.1 Å². The summed E-state index contributed by atoms with van der Waals surface area (Å²) in [6, 6.07) is 0. The summed E-state index contributed by atoms with van der Waals surface area (Å²) in [5.41, 5.74) is 0. The van der Waals surface area contributed by atoms with Gasteiger partial charge in [0.2, 0.25) is 0 Å². The van der Waals surface area contributed by atoms with Crippen LogP contribution in [0.3, 0.4) is 0 Å². The summed E-state index contributed by atoms with van der Waals surface area (Å²) in [6.07, 6.45) is 1.28. The van der Waals surface area contributed by atoms with Gasteiger partial charge < -0.3 is 18.9 Å². The third-order valence-electron chi connectivity index (χ3n) is 8.88. The molecule has 0 aromatic carbocycles. The molecule has 12 unspecified atom stereocenters. The summed E-state index contributed by atoms with van der Waals surface area (Å²) in [4.78, 5) is 49.9. The van der Waals surface area contributed by atoms with Gasteiger partial charge >= 0.3 is 23.9 Å². The zero-order valence-electron chi connectivity index (χ0n) is 17.0. The number of fused-ring (bicyclic) bond motifs is 4. The summed E-state index contributed by atoms with van der Waals surface area (Å²) in [6.45, 7) is 3.73. The predicted molar refractivity (Wildman–Crippen MR) is 97.3 cm³/mol. The van der Waals surface area contributed by atoms with E-state index >= 15 is 0 Å². The SMILES string of the molecule is CC1C(=O)OC2CC3C(CC21)OC(=O)C3C1C(=O)OC2CC3C(CC21)OC(=O)C3C. The summed E-state index contributed by atoms with van der Waals surface area (Å²) >= 11 is 0. The summed E-state index contributed by atoms with van der Waals surface area (Å²) in [5.74, 6) is -2.81. The molecule has 4 heterocycles. The Morgan fingerprint density at radius 3 is 1.20 bits per heavy atom. The highest BCUT2D eigenvalue weighted by Gasteiger charge is 2.64. The minimum atomic E-state index is -0.584. The van der Waals surface area contributed by atoms with Gasteiger partial charge in [0.25, 0.3) is 0 Å². The first-order chi connectivity index (χ1) is 14.3. The van der Waals surface area contributed by atoms with Crippen molar-refractivity contribution in [1.82, 2.24) is 0 Å². The molecule has 4 aliphatic heterocycles. The molecule has 4 saturated heterocycles. The van der Waals surface area contributed by atoms with E-state index in [1.807, 2.05) is 13.8 Å². The first kappa shape index (κ1) is 18.6. The lowest BCUT2D eigenvalue weighted by Gasteiger charge is -2.37. The number of esters is 4. The molecule has 0 bridgehead atoms. The minimum Gasteiger partial charge on any atom is -0.462 e. The van der Waals surface area contributed by atoms with Crippen LogP contribution in [0.4, 0.5) is 0 Å². The lowest BCUT2D eigenvalue weighted by atomic mass is 9.63. The first-order valence-electron chi connectivity index (χ1n) is 11.2. The van der Waals surface area contributed by atoms with Crippen LogP contribution in [0.5, 0.6) is 0 Å². The number of rotatable bonds is 1. The Kier molecular flexibility index (Phi) is 3.85. The lowest BCUT2D eigenvalue weighted by Crippen LogP contribution is -2.43. The molecule has 8 nitrogen and oxygen atoms in total. The standard InChI is InChI=1S/C22H26O8/c1-7-9-3-15-11(5-13(9)27-19(7)23)17(21(25)29-15)18-12-6-14-10(8(2)20(24)28-14)4-16(12)30-22(18)26/h7-18H,3-6H2,1-2H3. The van der Waals surface area contributed by atoms with Gasteiger partial charge in [-0.2, -0.15) is 0 Å². The third kappa shape index (κ3) is 2.39. The molecule has 8 heteroatoms. The maximum atomic E-state index is 12.9. The van der Waals surface area contributed by atoms with Gasteiger partial charge in [0.05, 0.1) is 23.7 Å². The van der Waals surface area contributed by atoms with Gasteiger partial charge in [0.15, 0.2) is 0 Å². The van der Waals surface area contributed by atoms with E-state index in [0.29, 0.717) is 25.7 Å². The van der Waals surface area contributed by atoms with E-state index in [4.69, 9.17) is 18.9 Å². The molecule has 0 radical (unpaired) electrons. The Labute approximate surface area is 173 Å². The molecular formula is C22H26O8. The fourth-order valence-corrected chi connectivity index (χ4v) is 7.22. The van der Waals surface area contributed by atoms with Crippen LogP contribution in [-0.4, -0.2) is 48.3 Å². The fraction of sp³-hybridized carbons (Fsp3) is 0.818. The maximum Gasteiger partial charge on any atom is 0.310 e. The Hall–Kier alpha value is -2.12. The highest BCUT2D eigenvalue weighted by atomic mass is 16.6. The predicted octanol–water partition coefficient (Wildman–Crippen LogP) is 1.25. The number of ether oxygens (including phenoxy) is 4. The Balaban J connectivity index is 1.26. The van der Waals surface area contributed by atoms with Gasteiger partial charge in [-0.05, 0) is 25.7 Å². The largest absolute Gasteiger partial charge is 0.462 e. The number of hydrogen-bond donors (Lipinski definition) is 0. The maximum absolute atomic E-state index is 12.9. The van der Waals surface area contributed by atoms with Gasteiger partial charge in [-0.3, -0.25) is 19.2 Å². The van der Waals surface area contributed by atoms with Crippen LogP contribution in [0.25, 0.3) is 0 Å². The van der Waals surface area contributed by atoms with E-state index < -0.39 is 11.8 Å². The summed E-state index contributed by atoms with van der Waals surface area (Å²) in [5, 5.41) is 0. The molecule has 12 atom stereocenters. The third-order valence-corrected chi connectivity index (χ3v) is 8.88. The Morgan fingerprint density at radius 1 is 0.500 bits per heavy atom. The molecule has 0 spiro atoms. The highest BCUT2D eigenvalue weighted by Crippen LogP contribution is 2.55. The van der Waals surface area contributed by atoms with Crippen LogP contribution < -0.4 is 0 Å². The van der Waals surface area contributed by atoms with Crippen LogP contribution >= 0.6 is 0 Å². The van der Waals surface area contributed by atoms with Gasteiger partial charge in [0, 0.05) is 23.7 Å². The second kappa shape index (κ2) is 6.20. The van der Waals surface area contributed by atoms with E-state index in [2.05, 4.69) is 0 Å². The van der Waals surface area contributed by atoms with Crippen molar-refractivity contribution in [3.05, 3.63) is 0 Å². The van der Waals surface area contributed by atoms with Gasteiger partial charge in [-0.1, -0.05) is 13.8 Å². The van der Waals surface area contributed by atoms with Crippen molar-refractivity contribution in [2.45, 2.75) is 63.9 Å². The molecule has 2 aliphatic carbocycles. The van der Waals surface area contributed by atoms with Crippen molar-refractivity contribution in [1.29, 1.82) is 0 Å². The molecule has 162 valence electrons. The van der Waals surface area contributed by atoms with E-state index in [-0.39, 0.29) is 83.8 Å². The Bertz CT molecular complexity index is 769. The van der Waals surface area contributed by atoms with E-state index in [9.17, 15) is 19.2 Å². The monoisotopic (exact) mass is 418 g/mol. The van der Waals surface area contributed by atoms with Crippen molar-refractivity contribution < 1.29 is 38.1 Å². The molecule has 6 fully saturated rings. The zero-order chi connectivity index (χ0) is 20.9. The molecule has 6 rings (SSSR count). The van der Waals surface area contributed by atoms with Gasteiger partial charge in [0.1, 0.15) is 24.4 Å². The van der Waals surface area contributed by atoms with Crippen molar-refractivity contribution in [3.63, 3.8) is 0 Å². The second-order valence-electron chi connectivity index (χ2n) is 10.1. The van der Waals surface area contributed by atoms with Gasteiger partial charge in [-0.15, -0.1) is 0 Å². The average molecular weight is 418 g/mol. The molecule has 0 aromatic rings. The molecule has 2 saturated carbocycles. The second-order valence-corrected chi connectivity index (χ2v) is 10.1. The van der Waals surface area contributed by atoms with E-state index in [0.717, 1.165) is 0 Å². The number of carbonyl (C=O) groups is 4. The number of carbonyl (C=O) groups excluding carboxylic acids is 4. The zero-order valence-corrected chi connectivity index (χ0v) is 17.0. The average Bonchev–Trinajstić information content (AvgIpc) is 3.36. The molecule has 6 aliphatic rings. The van der Waals surface area contributed by atoms with Crippen molar-refractivity contribution in [3.8, 4) is 0 Å².